The molecule has 1 amide bonds. The normalized spacial score (nSPS) is 15.0. The Balaban J connectivity index is 1.39. The van der Waals surface area contributed by atoms with Gasteiger partial charge < -0.3 is 10.3 Å². The predicted molar refractivity (Wildman–Crippen MR) is 102 cm³/mol. The van der Waals surface area contributed by atoms with Crippen molar-refractivity contribution < 1.29 is 9.18 Å². The fourth-order valence-electron chi connectivity index (χ4n) is 3.41. The van der Waals surface area contributed by atoms with E-state index in [1.54, 1.807) is 12.1 Å². The van der Waals surface area contributed by atoms with Crippen molar-refractivity contribution in [2.75, 3.05) is 25.0 Å². The Morgan fingerprint density at radius 1 is 1.19 bits per heavy atom. The fourth-order valence-corrected chi connectivity index (χ4v) is 3.41. The Morgan fingerprint density at radius 3 is 2.88 bits per heavy atom. The van der Waals surface area contributed by atoms with Gasteiger partial charge in [0.25, 0.3) is 0 Å². The average molecular weight is 349 g/mol. The Morgan fingerprint density at radius 2 is 2.08 bits per heavy atom. The van der Waals surface area contributed by atoms with Gasteiger partial charge in [-0.3, -0.25) is 9.69 Å². The van der Waals surface area contributed by atoms with E-state index >= 15 is 0 Å². The second-order valence-electron chi connectivity index (χ2n) is 6.52. The number of nitrogens with zero attached hydrogens (tertiary/aromatic N) is 1. The molecule has 1 aliphatic heterocycles. The highest BCUT2D eigenvalue weighted by Gasteiger charge is 2.17. The number of halogens is 1. The van der Waals surface area contributed by atoms with Gasteiger partial charge in [0, 0.05) is 41.4 Å². The Labute approximate surface area is 151 Å². The second-order valence-corrected chi connectivity index (χ2v) is 6.52. The molecule has 0 unspecified atom stereocenters. The summed E-state index contributed by atoms with van der Waals surface area (Å²) >= 11 is 0. The van der Waals surface area contributed by atoms with Crippen molar-refractivity contribution in [3.8, 4) is 0 Å². The lowest BCUT2D eigenvalue weighted by molar-refractivity contribution is -0.117. The van der Waals surface area contributed by atoms with Gasteiger partial charge in [-0.25, -0.2) is 4.39 Å². The minimum atomic E-state index is -0.355. The lowest BCUT2D eigenvalue weighted by atomic mass is 9.99. The molecule has 0 fully saturated rings. The van der Waals surface area contributed by atoms with Crippen molar-refractivity contribution in [3.05, 3.63) is 72.2 Å². The van der Waals surface area contributed by atoms with Crippen molar-refractivity contribution in [2.45, 2.75) is 6.42 Å². The number of aromatic amines is 1. The number of H-pyrrole nitrogens is 1. The highest BCUT2D eigenvalue weighted by Crippen LogP contribution is 2.29. The number of rotatable bonds is 4. The minimum absolute atomic E-state index is 0.125. The first-order chi connectivity index (χ1) is 12.7. The number of hydrogen-bond acceptors (Lipinski definition) is 2. The molecule has 1 aliphatic rings. The van der Waals surface area contributed by atoms with E-state index in [-0.39, 0.29) is 11.7 Å². The summed E-state index contributed by atoms with van der Waals surface area (Å²) in [6.45, 7) is 1.85. The predicted octanol–water partition coefficient (Wildman–Crippen LogP) is 4.03. The number of amides is 1. The molecule has 3 aromatic rings. The average Bonchev–Trinajstić information content (AvgIpc) is 3.06. The van der Waals surface area contributed by atoms with Gasteiger partial charge in [-0.2, -0.15) is 0 Å². The van der Waals surface area contributed by atoms with Crippen molar-refractivity contribution in [2.24, 2.45) is 0 Å². The van der Waals surface area contributed by atoms with Gasteiger partial charge in [-0.1, -0.05) is 30.3 Å². The zero-order chi connectivity index (χ0) is 17.9. The molecule has 5 heteroatoms. The highest BCUT2D eigenvalue weighted by molar-refractivity contribution is 5.93. The van der Waals surface area contributed by atoms with E-state index in [1.165, 1.54) is 28.7 Å². The Bertz CT molecular complexity index is 976. The van der Waals surface area contributed by atoms with Crippen LogP contribution in [-0.2, 0) is 4.79 Å². The van der Waals surface area contributed by atoms with Crippen LogP contribution in [0.2, 0.25) is 0 Å². The maximum Gasteiger partial charge on any atom is 0.238 e. The zero-order valence-electron chi connectivity index (χ0n) is 14.3. The number of benzene rings is 2. The monoisotopic (exact) mass is 349 g/mol. The van der Waals surface area contributed by atoms with Crippen LogP contribution in [0, 0.1) is 5.82 Å². The van der Waals surface area contributed by atoms with Crippen molar-refractivity contribution in [3.63, 3.8) is 0 Å². The maximum absolute atomic E-state index is 13.2. The van der Waals surface area contributed by atoms with Crippen LogP contribution in [0.4, 0.5) is 10.1 Å². The van der Waals surface area contributed by atoms with E-state index in [9.17, 15) is 9.18 Å². The van der Waals surface area contributed by atoms with Gasteiger partial charge in [-0.05, 0) is 36.3 Å². The van der Waals surface area contributed by atoms with Crippen LogP contribution >= 0.6 is 0 Å². The van der Waals surface area contributed by atoms with E-state index in [0.29, 0.717) is 12.2 Å². The van der Waals surface area contributed by atoms with E-state index in [2.05, 4.69) is 39.6 Å². The molecule has 1 aromatic heterocycles. The number of nitrogens with one attached hydrogen (secondary N) is 2. The molecule has 0 spiro atoms. The quantitative estimate of drug-likeness (QED) is 0.747. The van der Waals surface area contributed by atoms with Crippen LogP contribution in [0.1, 0.15) is 12.0 Å². The summed E-state index contributed by atoms with van der Waals surface area (Å²) in [7, 11) is 0. The Kier molecular flexibility index (Phi) is 4.54. The van der Waals surface area contributed by atoms with Crippen LogP contribution in [-0.4, -0.2) is 35.4 Å². The molecular weight excluding hydrogens is 329 g/mol. The van der Waals surface area contributed by atoms with Crippen LogP contribution < -0.4 is 5.32 Å². The van der Waals surface area contributed by atoms with Crippen LogP contribution in [0.15, 0.2) is 60.8 Å². The number of hydrogen-bond donors (Lipinski definition) is 2. The molecule has 0 radical (unpaired) electrons. The van der Waals surface area contributed by atoms with Crippen molar-refractivity contribution in [1.82, 2.24) is 9.88 Å². The molecule has 0 bridgehead atoms. The number of aromatic nitrogens is 1. The zero-order valence-corrected chi connectivity index (χ0v) is 14.3. The summed E-state index contributed by atoms with van der Waals surface area (Å²) < 4.78 is 13.2. The van der Waals surface area contributed by atoms with Crippen LogP contribution in [0.25, 0.3) is 16.5 Å². The van der Waals surface area contributed by atoms with Gasteiger partial charge in [0.1, 0.15) is 5.82 Å². The smallest absolute Gasteiger partial charge is 0.238 e. The van der Waals surface area contributed by atoms with Crippen molar-refractivity contribution >= 4 is 28.1 Å². The lowest BCUT2D eigenvalue weighted by Gasteiger charge is -2.25. The largest absolute Gasteiger partial charge is 0.361 e. The number of carbonyl (C=O) groups is 1. The minimum Gasteiger partial charge on any atom is -0.361 e. The highest BCUT2D eigenvalue weighted by atomic mass is 19.1. The third kappa shape index (κ3) is 3.53. The summed E-state index contributed by atoms with van der Waals surface area (Å²) in [6.07, 6.45) is 5.15. The molecule has 132 valence electrons. The van der Waals surface area contributed by atoms with E-state index < -0.39 is 0 Å². The van der Waals surface area contributed by atoms with Crippen molar-refractivity contribution in [1.29, 1.82) is 0 Å². The number of fused-ring (bicyclic) bond motifs is 1. The molecule has 4 nitrogen and oxygen atoms in total. The third-order valence-electron chi connectivity index (χ3n) is 4.70. The summed E-state index contributed by atoms with van der Waals surface area (Å²) in [6, 6.07) is 14.2. The van der Waals surface area contributed by atoms with E-state index in [1.807, 2.05) is 12.1 Å². The van der Waals surface area contributed by atoms with Crippen LogP contribution in [0.3, 0.4) is 0 Å². The lowest BCUT2D eigenvalue weighted by Crippen LogP contribution is -2.36. The van der Waals surface area contributed by atoms with Gasteiger partial charge in [0.2, 0.25) is 5.91 Å². The van der Waals surface area contributed by atoms with Gasteiger partial charge in [0.05, 0.1) is 6.54 Å². The summed E-state index contributed by atoms with van der Waals surface area (Å²) in [4.78, 5) is 17.6. The van der Waals surface area contributed by atoms with E-state index in [4.69, 9.17) is 0 Å². The van der Waals surface area contributed by atoms with Gasteiger partial charge in [-0.15, -0.1) is 0 Å². The fraction of sp³-hybridized carbons (Fsp3) is 0.190. The topological polar surface area (TPSA) is 48.1 Å². The second kappa shape index (κ2) is 7.14. The van der Waals surface area contributed by atoms with Gasteiger partial charge in [0.15, 0.2) is 0 Å². The molecule has 2 aromatic carbocycles. The van der Waals surface area contributed by atoms with Gasteiger partial charge >= 0.3 is 0 Å². The van der Waals surface area contributed by atoms with Crippen LogP contribution in [0.5, 0.6) is 0 Å². The molecular formula is C21H20FN3O. The molecule has 2 N–H and O–H groups in total. The molecule has 2 heterocycles. The first-order valence-electron chi connectivity index (χ1n) is 8.72. The standard InChI is InChI=1S/C21H20FN3O/c22-16-4-3-5-17(12-16)24-21(26)14-25-10-8-15(9-11-25)19-13-23-20-7-2-1-6-18(19)20/h1-8,12-13,23H,9-11,14H2,(H,24,26). The van der Waals surface area contributed by atoms with E-state index in [0.717, 1.165) is 25.0 Å². The number of anilines is 1. The third-order valence-corrected chi connectivity index (χ3v) is 4.70. The summed E-state index contributed by atoms with van der Waals surface area (Å²) in [5.74, 6) is -0.480. The maximum atomic E-state index is 13.2. The number of carbonyl (C=O) groups excluding carboxylic acids is 1. The first kappa shape index (κ1) is 16.5. The Hall–Kier alpha value is -2.92. The first-order valence-corrected chi connectivity index (χ1v) is 8.72. The SMILES string of the molecule is O=C(CN1CC=C(c2c[nH]c3ccccc23)CC1)Nc1cccc(F)c1. The molecule has 0 atom stereocenters. The molecule has 4 rings (SSSR count). The number of para-hydroxylation sites is 1. The molecule has 0 aliphatic carbocycles. The summed E-state index contributed by atoms with van der Waals surface area (Å²) in [5, 5.41) is 3.98. The molecule has 0 saturated carbocycles. The molecule has 0 saturated heterocycles. The summed E-state index contributed by atoms with van der Waals surface area (Å²) in [5.41, 5.74) is 4.18. The molecule has 26 heavy (non-hydrogen) atoms.